The van der Waals surface area contributed by atoms with Gasteiger partial charge in [0.1, 0.15) is 11.5 Å². The number of nitro groups is 1. The van der Waals surface area contributed by atoms with Crippen molar-refractivity contribution in [3.63, 3.8) is 0 Å². The van der Waals surface area contributed by atoms with E-state index in [9.17, 15) is 24.8 Å². The van der Waals surface area contributed by atoms with Crippen molar-refractivity contribution < 1.29 is 19.2 Å². The average molecular weight is 444 g/mol. The molecule has 2 aromatic heterocycles. The molecule has 2 heterocycles. The lowest BCUT2D eigenvalue weighted by Gasteiger charge is -2.05. The summed E-state index contributed by atoms with van der Waals surface area (Å²) >= 11 is 0. The van der Waals surface area contributed by atoms with Gasteiger partial charge in [-0.1, -0.05) is 18.7 Å². The van der Waals surface area contributed by atoms with Gasteiger partial charge in [0.05, 0.1) is 32.7 Å². The molecule has 0 fully saturated rings. The van der Waals surface area contributed by atoms with E-state index < -0.39 is 16.5 Å². The van der Waals surface area contributed by atoms with Crippen LogP contribution in [0.2, 0.25) is 0 Å². The Balaban J connectivity index is 1.80. The fourth-order valence-corrected chi connectivity index (χ4v) is 3.46. The van der Waals surface area contributed by atoms with E-state index in [2.05, 4.69) is 11.7 Å². The van der Waals surface area contributed by atoms with Crippen molar-refractivity contribution in [3.8, 4) is 17.0 Å². The van der Waals surface area contributed by atoms with Gasteiger partial charge in [0.2, 0.25) is 0 Å². The van der Waals surface area contributed by atoms with Crippen LogP contribution in [-0.4, -0.2) is 20.7 Å². The van der Waals surface area contributed by atoms with Crippen molar-refractivity contribution >= 4 is 24.3 Å². The van der Waals surface area contributed by atoms with Crippen molar-refractivity contribution in [2.24, 2.45) is 0 Å². The Hall–Kier alpha value is -4.66. The predicted octanol–water partition coefficient (Wildman–Crippen LogP) is 1.55. The van der Waals surface area contributed by atoms with Gasteiger partial charge in [-0.15, -0.1) is 0 Å². The zero-order valence-corrected chi connectivity index (χ0v) is 17.7. The third-order valence-corrected chi connectivity index (χ3v) is 5.33. The lowest BCUT2D eigenvalue weighted by Crippen LogP contribution is -2.34. The zero-order valence-electron chi connectivity index (χ0n) is 17.7. The minimum Gasteiger partial charge on any atom is -0.545 e. The van der Waals surface area contributed by atoms with E-state index in [1.54, 1.807) is 31.2 Å². The SMILES string of the molecule is C=c1[nH]n(-c2cccc(C(=O)[O-])c2)c(=O)c1=Cc1ccc(-c2cc(C)c(C)cc2[N+](=O)[O-])o1. The van der Waals surface area contributed by atoms with Crippen LogP contribution in [0.3, 0.4) is 0 Å². The molecule has 0 radical (unpaired) electrons. The fourth-order valence-electron chi connectivity index (χ4n) is 3.46. The van der Waals surface area contributed by atoms with Crippen LogP contribution in [0.1, 0.15) is 27.2 Å². The fraction of sp³-hybridized carbons (Fsp3) is 0.0833. The number of aromatic carboxylic acids is 1. The molecule has 2 aromatic carbocycles. The third kappa shape index (κ3) is 3.99. The first-order valence-electron chi connectivity index (χ1n) is 9.85. The second-order valence-electron chi connectivity index (χ2n) is 7.54. The van der Waals surface area contributed by atoms with E-state index in [1.165, 1.54) is 35.0 Å². The molecule has 0 aliphatic carbocycles. The molecule has 9 nitrogen and oxygen atoms in total. The molecule has 166 valence electrons. The van der Waals surface area contributed by atoms with E-state index in [-0.39, 0.29) is 21.8 Å². The molecular weight excluding hydrogens is 426 g/mol. The number of carbonyl (C=O) groups excluding carboxylic acids is 1. The number of carbonyl (C=O) groups is 1. The second-order valence-corrected chi connectivity index (χ2v) is 7.54. The van der Waals surface area contributed by atoms with E-state index in [1.807, 2.05) is 6.92 Å². The first-order valence-corrected chi connectivity index (χ1v) is 9.85. The van der Waals surface area contributed by atoms with Crippen LogP contribution >= 0.6 is 0 Å². The molecule has 9 heteroatoms. The predicted molar refractivity (Wildman–Crippen MR) is 119 cm³/mol. The zero-order chi connectivity index (χ0) is 23.9. The normalized spacial score (nSPS) is 11.6. The Morgan fingerprint density at radius 2 is 1.88 bits per heavy atom. The Labute approximate surface area is 186 Å². The van der Waals surface area contributed by atoms with E-state index >= 15 is 0 Å². The topological polar surface area (TPSA) is 134 Å². The van der Waals surface area contributed by atoms with Gasteiger partial charge in [-0.3, -0.25) is 20.0 Å². The highest BCUT2D eigenvalue weighted by Crippen LogP contribution is 2.33. The summed E-state index contributed by atoms with van der Waals surface area (Å²) < 4.78 is 6.96. The number of carboxylic acid groups (broad SMARTS) is 1. The summed E-state index contributed by atoms with van der Waals surface area (Å²) in [5.41, 5.74) is 1.70. The number of H-pyrrole nitrogens is 1. The molecule has 0 saturated heterocycles. The summed E-state index contributed by atoms with van der Waals surface area (Å²) in [5.74, 6) is -0.769. The number of aromatic nitrogens is 2. The lowest BCUT2D eigenvalue weighted by molar-refractivity contribution is -0.384. The van der Waals surface area contributed by atoms with Crippen LogP contribution in [0.25, 0.3) is 29.7 Å². The first kappa shape index (κ1) is 21.6. The maximum absolute atomic E-state index is 12.9. The van der Waals surface area contributed by atoms with E-state index in [0.29, 0.717) is 22.8 Å². The van der Waals surface area contributed by atoms with Gasteiger partial charge in [-0.2, -0.15) is 0 Å². The molecule has 33 heavy (non-hydrogen) atoms. The van der Waals surface area contributed by atoms with Crippen LogP contribution in [0.4, 0.5) is 5.69 Å². The first-order chi connectivity index (χ1) is 15.7. The number of aryl methyl sites for hydroxylation is 2. The molecule has 4 rings (SSSR count). The molecule has 0 saturated carbocycles. The van der Waals surface area contributed by atoms with E-state index in [0.717, 1.165) is 11.1 Å². The molecule has 1 N–H and O–H groups in total. The molecule has 0 aliphatic rings. The Morgan fingerprint density at radius 1 is 1.15 bits per heavy atom. The van der Waals surface area contributed by atoms with Gasteiger partial charge >= 0.3 is 0 Å². The maximum Gasteiger partial charge on any atom is 0.280 e. The molecule has 0 bridgehead atoms. The van der Waals surface area contributed by atoms with Gasteiger partial charge in [-0.05, 0) is 66.9 Å². The summed E-state index contributed by atoms with van der Waals surface area (Å²) in [6, 6.07) is 12.1. The van der Waals surface area contributed by atoms with Crippen LogP contribution in [-0.2, 0) is 0 Å². The number of furan rings is 1. The summed E-state index contributed by atoms with van der Waals surface area (Å²) in [5, 5.41) is 25.9. The van der Waals surface area contributed by atoms with Crippen molar-refractivity contribution in [1.29, 1.82) is 0 Å². The molecule has 0 aliphatic heterocycles. The van der Waals surface area contributed by atoms with Gasteiger partial charge < -0.3 is 14.3 Å². The van der Waals surface area contributed by atoms with Gasteiger partial charge in [0.25, 0.3) is 11.2 Å². The minimum atomic E-state index is -1.36. The number of aromatic amines is 1. The van der Waals surface area contributed by atoms with Crippen LogP contribution in [0, 0.1) is 24.0 Å². The third-order valence-electron chi connectivity index (χ3n) is 5.33. The molecule has 0 atom stereocenters. The number of hydrogen-bond donors (Lipinski definition) is 1. The Kier molecular flexibility index (Phi) is 5.31. The number of nitrogens with one attached hydrogen (secondary N) is 1. The number of carboxylic acids is 1. The average Bonchev–Trinajstić information content (AvgIpc) is 3.35. The highest BCUT2D eigenvalue weighted by molar-refractivity contribution is 5.86. The molecule has 0 unspecified atom stereocenters. The Bertz CT molecular complexity index is 1590. The quantitative estimate of drug-likeness (QED) is 0.367. The van der Waals surface area contributed by atoms with Crippen LogP contribution in [0.5, 0.6) is 0 Å². The number of nitrogens with zero attached hydrogens (tertiary/aromatic N) is 2. The highest BCUT2D eigenvalue weighted by atomic mass is 16.6. The smallest absolute Gasteiger partial charge is 0.280 e. The number of hydrogen-bond acceptors (Lipinski definition) is 6. The van der Waals surface area contributed by atoms with E-state index in [4.69, 9.17) is 4.42 Å². The molecule has 0 amide bonds. The number of benzene rings is 2. The number of nitro benzene ring substituents is 1. The molecule has 0 spiro atoms. The standard InChI is InChI=1S/C24H19N3O6/c1-13-9-20(21(27(31)32)10-14(13)2)22-8-7-18(33-22)12-19-15(3)25-26(23(19)28)17-6-4-5-16(11-17)24(29)30/h4-12,25H,3H2,1-2H3,(H,29,30)/p-1. The highest BCUT2D eigenvalue weighted by Gasteiger charge is 2.19. The van der Waals surface area contributed by atoms with Crippen molar-refractivity contribution in [2.45, 2.75) is 13.8 Å². The van der Waals surface area contributed by atoms with Crippen molar-refractivity contribution in [2.75, 3.05) is 0 Å². The monoisotopic (exact) mass is 444 g/mol. The second kappa shape index (κ2) is 8.12. The van der Waals surface area contributed by atoms with Crippen molar-refractivity contribution in [3.05, 3.63) is 102 Å². The summed E-state index contributed by atoms with van der Waals surface area (Å²) in [6.07, 6.45) is 1.47. The van der Waals surface area contributed by atoms with Gasteiger partial charge in [0, 0.05) is 6.07 Å². The van der Waals surface area contributed by atoms with Gasteiger partial charge in [-0.25, -0.2) is 4.68 Å². The summed E-state index contributed by atoms with van der Waals surface area (Å²) in [6.45, 7) is 7.48. The van der Waals surface area contributed by atoms with Crippen LogP contribution < -0.4 is 21.2 Å². The minimum absolute atomic E-state index is 0.0733. The Morgan fingerprint density at radius 3 is 2.58 bits per heavy atom. The maximum atomic E-state index is 12.9. The number of rotatable bonds is 5. The van der Waals surface area contributed by atoms with Crippen molar-refractivity contribution in [1.82, 2.24) is 9.78 Å². The molecular formula is C24H18N3O6-. The molecule has 4 aromatic rings. The summed E-state index contributed by atoms with van der Waals surface area (Å²) in [7, 11) is 0. The largest absolute Gasteiger partial charge is 0.545 e. The lowest BCUT2D eigenvalue weighted by atomic mass is 10.0. The summed E-state index contributed by atoms with van der Waals surface area (Å²) in [4.78, 5) is 35.1. The van der Waals surface area contributed by atoms with Crippen LogP contribution in [0.15, 0.2) is 57.7 Å². The van der Waals surface area contributed by atoms with Gasteiger partial charge in [0.15, 0.2) is 0 Å².